The summed E-state index contributed by atoms with van der Waals surface area (Å²) in [6, 6.07) is 102. The third-order valence-electron chi connectivity index (χ3n) is 19.7. The van der Waals surface area contributed by atoms with E-state index in [9.17, 15) is 10.5 Å². The molecule has 0 fully saturated rings. The fourth-order valence-corrected chi connectivity index (χ4v) is 14.5. The van der Waals surface area contributed by atoms with Gasteiger partial charge >= 0.3 is 6.18 Å². The zero-order chi connectivity index (χ0) is 75.4. The summed E-state index contributed by atoms with van der Waals surface area (Å²) in [4.78, 5) is 60.4. The van der Waals surface area contributed by atoms with Gasteiger partial charge in [-0.05, 0) is 54.1 Å². The van der Waals surface area contributed by atoms with Gasteiger partial charge in [0.2, 0.25) is 0 Å². The molecule has 16 nitrogen and oxygen atoms in total. The molecule has 0 amide bonds. The Morgan fingerprint density at radius 2 is 0.509 bits per heavy atom. The average molecular weight is 1450 g/mol. The minimum absolute atomic E-state index is 0.0103. The molecule has 0 bridgehead atoms. The van der Waals surface area contributed by atoms with Crippen LogP contribution in [0, 0.1) is 22.7 Å². The molecule has 0 N–H and O–H groups in total. The van der Waals surface area contributed by atoms with Crippen molar-refractivity contribution in [1.29, 1.82) is 10.5 Å². The second-order valence-electron chi connectivity index (χ2n) is 26.6. The van der Waals surface area contributed by atoms with Gasteiger partial charge in [0.15, 0.2) is 64.1 Å². The highest BCUT2D eigenvalue weighted by molar-refractivity contribution is 6.13. The van der Waals surface area contributed by atoms with Gasteiger partial charge in [0.1, 0.15) is 18.0 Å². The fraction of sp³-hybridized carbons (Fsp3) is 0.0108. The Morgan fingerprint density at radius 3 is 0.786 bits per heavy atom. The van der Waals surface area contributed by atoms with Gasteiger partial charge in [0.05, 0.1) is 50.6 Å². The Labute approximate surface area is 637 Å². The number of halogens is 3. The lowest BCUT2D eigenvalue weighted by molar-refractivity contribution is -0.137. The van der Waals surface area contributed by atoms with Gasteiger partial charge in [-0.25, -0.2) is 59.8 Å². The van der Waals surface area contributed by atoms with Crippen molar-refractivity contribution in [2.45, 2.75) is 6.18 Å². The molecule has 0 spiro atoms. The lowest BCUT2D eigenvalue weighted by Crippen LogP contribution is -2.10. The number of rotatable bonds is 14. The van der Waals surface area contributed by atoms with Crippen molar-refractivity contribution in [3.8, 4) is 160 Å². The predicted molar refractivity (Wildman–Crippen MR) is 428 cm³/mol. The van der Waals surface area contributed by atoms with Crippen molar-refractivity contribution in [2.75, 3.05) is 0 Å². The monoisotopic (exact) mass is 1450 g/mol. The maximum atomic E-state index is 16.3. The van der Waals surface area contributed by atoms with E-state index in [4.69, 9.17) is 54.8 Å². The molecular weight excluding hydrogens is 1400 g/mol. The second kappa shape index (κ2) is 27.9. The van der Waals surface area contributed by atoms with Crippen LogP contribution in [-0.4, -0.2) is 68.9 Å². The minimum Gasteiger partial charge on any atom is -0.308 e. The van der Waals surface area contributed by atoms with E-state index in [1.165, 1.54) is 18.5 Å². The van der Waals surface area contributed by atoms with Crippen molar-refractivity contribution in [3.05, 3.63) is 338 Å². The first kappa shape index (κ1) is 66.9. The first-order chi connectivity index (χ1) is 55.0. The van der Waals surface area contributed by atoms with E-state index in [2.05, 4.69) is 17.1 Å². The number of hydrogen-bond acceptors (Lipinski definition) is 14. The zero-order valence-corrected chi connectivity index (χ0v) is 58.9. The van der Waals surface area contributed by atoms with Gasteiger partial charge in [-0.3, -0.25) is 0 Å². The number of nitriles is 2. The smallest absolute Gasteiger partial charge is 0.308 e. The summed E-state index contributed by atoms with van der Waals surface area (Å²) in [7, 11) is 0. The summed E-state index contributed by atoms with van der Waals surface area (Å²) >= 11 is 0. The van der Waals surface area contributed by atoms with E-state index in [1.54, 1.807) is 12.1 Å². The highest BCUT2D eigenvalue weighted by atomic mass is 19.4. The van der Waals surface area contributed by atoms with E-state index in [1.807, 2.05) is 294 Å². The normalized spacial score (nSPS) is 11.5. The average Bonchev–Trinajstić information content (AvgIpc) is 1.54. The molecule has 112 heavy (non-hydrogen) atoms. The van der Waals surface area contributed by atoms with Gasteiger partial charge in [0.25, 0.3) is 0 Å². The molecule has 0 radical (unpaired) electrons. The van der Waals surface area contributed by atoms with Crippen molar-refractivity contribution in [1.82, 2.24) is 68.9 Å². The summed E-state index contributed by atoms with van der Waals surface area (Å²) in [5, 5.41) is 26.7. The highest BCUT2D eigenvalue weighted by Gasteiger charge is 2.36. The van der Waals surface area contributed by atoms with E-state index in [0.717, 1.165) is 45.0 Å². The lowest BCUT2D eigenvalue weighted by atomic mass is 9.92. The van der Waals surface area contributed by atoms with Crippen LogP contribution >= 0.6 is 0 Å². The van der Waals surface area contributed by atoms with Crippen LogP contribution in [0.25, 0.3) is 191 Å². The SMILES string of the molecule is N#Cc1cccc(C(F)(F)F)c1-c1cc(-n2c3cc(-c4ncnc(-c5ccccc5)n4)ccc3c3ccc(-c4nc(-c5ccccc5)nc(-c5ccccc5)n4)cc32)c(C#N)c(-n2c3cc(-c4nc(-c5ccccc5)nc(-c5ccccc5)n4)ccc3c3ccc(-c4nc(-c5ccccc5)nc(-c5ccccc5)n4)cc32)c1. The molecule has 6 aromatic heterocycles. The molecule has 0 aliphatic rings. The first-order valence-electron chi connectivity index (χ1n) is 35.8. The van der Waals surface area contributed by atoms with Gasteiger partial charge in [-0.2, -0.15) is 23.7 Å². The largest absolute Gasteiger partial charge is 0.417 e. The Bertz CT molecular complexity index is 6640. The van der Waals surface area contributed by atoms with Crippen molar-refractivity contribution in [3.63, 3.8) is 0 Å². The molecule has 0 aliphatic heterocycles. The number of fused-ring (bicyclic) bond motifs is 6. The Balaban J connectivity index is 0.941. The van der Waals surface area contributed by atoms with Crippen LogP contribution in [0.15, 0.2) is 322 Å². The van der Waals surface area contributed by atoms with Crippen molar-refractivity contribution < 1.29 is 13.2 Å². The molecule has 13 aromatic carbocycles. The quantitative estimate of drug-likeness (QED) is 0.0991. The molecule has 0 saturated carbocycles. The predicted octanol–water partition coefficient (Wildman–Crippen LogP) is 21.4. The first-order valence-corrected chi connectivity index (χ1v) is 35.8. The van der Waals surface area contributed by atoms with Gasteiger partial charge < -0.3 is 9.13 Å². The maximum absolute atomic E-state index is 16.3. The Morgan fingerprint density at radius 1 is 0.250 bits per heavy atom. The molecule has 19 aromatic rings. The van der Waals surface area contributed by atoms with Gasteiger partial charge in [-0.1, -0.05) is 267 Å². The number of alkyl halides is 3. The summed E-state index contributed by atoms with van der Waals surface area (Å²) in [6.07, 6.45) is -3.55. The Hall–Kier alpha value is -15.7. The molecule has 0 saturated heterocycles. The molecule has 19 rings (SSSR count). The molecule has 0 atom stereocenters. The summed E-state index contributed by atoms with van der Waals surface area (Å²) < 4.78 is 52.7. The molecule has 0 unspecified atom stereocenters. The molecule has 6 heterocycles. The van der Waals surface area contributed by atoms with Crippen LogP contribution in [0.2, 0.25) is 0 Å². The number of benzene rings is 13. The van der Waals surface area contributed by atoms with Crippen molar-refractivity contribution >= 4 is 43.6 Å². The molecule has 0 aliphatic carbocycles. The topological polar surface area (TPSA) is 212 Å². The summed E-state index contributed by atoms with van der Waals surface area (Å²) in [6.45, 7) is 0. The van der Waals surface area contributed by atoms with Crippen LogP contribution in [-0.2, 0) is 6.18 Å². The van der Waals surface area contributed by atoms with Crippen LogP contribution < -0.4 is 0 Å². The highest BCUT2D eigenvalue weighted by Crippen LogP contribution is 2.47. The van der Waals surface area contributed by atoms with Crippen LogP contribution in [0.3, 0.4) is 0 Å². The van der Waals surface area contributed by atoms with E-state index in [0.29, 0.717) is 130 Å². The van der Waals surface area contributed by atoms with Crippen LogP contribution in [0.1, 0.15) is 16.7 Å². The molecule has 526 valence electrons. The fourth-order valence-electron chi connectivity index (χ4n) is 14.5. The van der Waals surface area contributed by atoms with Crippen molar-refractivity contribution in [2.24, 2.45) is 0 Å². The van der Waals surface area contributed by atoms with E-state index in [-0.39, 0.29) is 28.1 Å². The third-order valence-corrected chi connectivity index (χ3v) is 19.7. The summed E-state index contributed by atoms with van der Waals surface area (Å²) in [5.74, 6) is 4.12. The van der Waals surface area contributed by atoms with Crippen LogP contribution in [0.5, 0.6) is 0 Å². The lowest BCUT2D eigenvalue weighted by Gasteiger charge is -2.21. The minimum atomic E-state index is -5.00. The van der Waals surface area contributed by atoms with E-state index < -0.39 is 17.3 Å². The Kier molecular flexibility index (Phi) is 16.7. The second-order valence-corrected chi connectivity index (χ2v) is 26.6. The number of aromatic nitrogens is 14. The molecule has 19 heteroatoms. The van der Waals surface area contributed by atoms with Gasteiger partial charge in [0, 0.05) is 88.3 Å². The third kappa shape index (κ3) is 12.3. The van der Waals surface area contributed by atoms with E-state index >= 15 is 13.2 Å². The van der Waals surface area contributed by atoms with Crippen LogP contribution in [0.4, 0.5) is 13.2 Å². The molecular formula is C93H53F3N16. The number of nitrogens with zero attached hydrogens (tertiary/aromatic N) is 16. The standard InChI is InChI=1S/C93H53F3N16/c94-93(95,96)74-38-22-37-67(53-97)81(74)68-51-79(111-75-47-63(83-100-55-99-82(101-83)56-23-8-1-9-24-56)39-43-69(75)70-44-40-64(48-76(70)111)90-105-84(57-25-10-2-11-26-57)102-85(106-90)58-27-12-3-13-28-58)73(54-98)80(52-68)112-77-49-65(91-107-86(59-29-14-4-15-30-59)103-87(108-91)60-31-16-5-17-32-60)41-45-71(77)72-46-42-66(50-78(72)112)92-109-88(61-33-18-6-19-34-61)104-89(110-92)62-35-20-7-21-36-62/h1-52,55H. The zero-order valence-electron chi connectivity index (χ0n) is 58.9. The number of hydrogen-bond donors (Lipinski definition) is 0. The maximum Gasteiger partial charge on any atom is 0.417 e. The summed E-state index contributed by atoms with van der Waals surface area (Å²) in [5.41, 5.74) is 7.83. The van der Waals surface area contributed by atoms with Gasteiger partial charge in [-0.15, -0.1) is 0 Å².